The molecule has 1 rings (SSSR count). The number of nitrogens with one attached hydrogen (secondary N) is 2. The van der Waals surface area contributed by atoms with Crippen LogP contribution in [0.2, 0.25) is 0 Å². The van der Waals surface area contributed by atoms with Crippen LogP contribution in [-0.2, 0) is 4.79 Å². The molecule has 0 heterocycles. The van der Waals surface area contributed by atoms with Gasteiger partial charge in [0.25, 0.3) is 5.91 Å². The van der Waals surface area contributed by atoms with Gasteiger partial charge < -0.3 is 20.1 Å². The van der Waals surface area contributed by atoms with Gasteiger partial charge in [-0.3, -0.25) is 9.59 Å². The molecule has 0 radical (unpaired) electrons. The van der Waals surface area contributed by atoms with E-state index in [1.54, 1.807) is 18.2 Å². The molecule has 0 saturated heterocycles. The number of amides is 2. The molecule has 0 aliphatic carbocycles. The third-order valence-electron chi connectivity index (χ3n) is 2.88. The number of methoxy groups -OCH3 is 2. The summed E-state index contributed by atoms with van der Waals surface area (Å²) in [6, 6.07) is 4.86. The first kappa shape index (κ1) is 16.8. The molecule has 0 atom stereocenters. The highest BCUT2D eigenvalue weighted by Gasteiger charge is 2.11. The zero-order chi connectivity index (χ0) is 15.7. The lowest BCUT2D eigenvalue weighted by Gasteiger charge is -2.09. The number of carbonyl (C=O) groups is 2. The van der Waals surface area contributed by atoms with E-state index < -0.39 is 0 Å². The van der Waals surface area contributed by atoms with Crippen molar-refractivity contribution in [3.63, 3.8) is 0 Å². The topological polar surface area (TPSA) is 76.7 Å². The summed E-state index contributed by atoms with van der Waals surface area (Å²) in [7, 11) is 3.02. The van der Waals surface area contributed by atoms with Crippen molar-refractivity contribution < 1.29 is 19.1 Å². The van der Waals surface area contributed by atoms with Gasteiger partial charge in [-0.05, 0) is 18.6 Å². The lowest BCUT2D eigenvalue weighted by atomic mass is 10.2. The molecular formula is C15H22N2O4. The van der Waals surface area contributed by atoms with E-state index in [0.717, 1.165) is 12.8 Å². The van der Waals surface area contributed by atoms with Crippen LogP contribution in [0.25, 0.3) is 0 Å². The predicted molar refractivity (Wildman–Crippen MR) is 79.8 cm³/mol. The van der Waals surface area contributed by atoms with Crippen molar-refractivity contribution >= 4 is 11.8 Å². The molecule has 6 heteroatoms. The Balaban J connectivity index is 2.57. The smallest absolute Gasteiger partial charge is 0.251 e. The van der Waals surface area contributed by atoms with Crippen molar-refractivity contribution in [1.82, 2.24) is 10.6 Å². The van der Waals surface area contributed by atoms with Gasteiger partial charge in [-0.2, -0.15) is 0 Å². The van der Waals surface area contributed by atoms with Crippen LogP contribution in [0.5, 0.6) is 11.5 Å². The summed E-state index contributed by atoms with van der Waals surface area (Å²) in [5, 5.41) is 5.30. The molecule has 0 saturated carbocycles. The molecule has 116 valence electrons. The molecule has 0 aliphatic heterocycles. The van der Waals surface area contributed by atoms with Gasteiger partial charge in [0, 0.05) is 18.2 Å². The second-order valence-corrected chi connectivity index (χ2v) is 4.49. The first-order valence-electron chi connectivity index (χ1n) is 6.88. The number of carbonyl (C=O) groups excluding carboxylic acids is 2. The van der Waals surface area contributed by atoms with Gasteiger partial charge >= 0.3 is 0 Å². The molecule has 21 heavy (non-hydrogen) atoms. The maximum Gasteiger partial charge on any atom is 0.251 e. The molecular weight excluding hydrogens is 272 g/mol. The van der Waals surface area contributed by atoms with E-state index in [1.807, 2.05) is 6.92 Å². The van der Waals surface area contributed by atoms with Gasteiger partial charge in [0.15, 0.2) is 0 Å². The lowest BCUT2D eigenvalue weighted by molar-refractivity contribution is -0.120. The molecule has 1 aromatic rings. The third kappa shape index (κ3) is 5.72. The fourth-order valence-electron chi connectivity index (χ4n) is 1.67. The van der Waals surface area contributed by atoms with E-state index in [-0.39, 0.29) is 18.4 Å². The maximum absolute atomic E-state index is 12.0. The standard InChI is InChI=1S/C15H22N2O4/c1-4-5-6-16-14(18)10-17-15(19)11-7-12(20-2)9-13(8-11)21-3/h7-9H,4-6,10H2,1-3H3,(H,16,18)(H,17,19). The lowest BCUT2D eigenvalue weighted by Crippen LogP contribution is -2.37. The average Bonchev–Trinajstić information content (AvgIpc) is 2.52. The molecule has 0 fully saturated rings. The van der Waals surface area contributed by atoms with E-state index >= 15 is 0 Å². The average molecular weight is 294 g/mol. The summed E-state index contributed by atoms with van der Waals surface area (Å²) >= 11 is 0. The number of rotatable bonds is 8. The van der Waals surface area contributed by atoms with E-state index in [1.165, 1.54) is 14.2 Å². The summed E-state index contributed by atoms with van der Waals surface area (Å²) in [6.45, 7) is 2.62. The molecule has 0 bridgehead atoms. The van der Waals surface area contributed by atoms with Gasteiger partial charge in [-0.25, -0.2) is 0 Å². The van der Waals surface area contributed by atoms with Crippen LogP contribution >= 0.6 is 0 Å². The zero-order valence-electron chi connectivity index (χ0n) is 12.7. The Bertz CT molecular complexity index is 466. The van der Waals surface area contributed by atoms with Crippen LogP contribution in [-0.4, -0.2) is 39.1 Å². The van der Waals surface area contributed by atoms with Crippen LogP contribution in [0.4, 0.5) is 0 Å². The van der Waals surface area contributed by atoms with E-state index in [0.29, 0.717) is 23.6 Å². The van der Waals surface area contributed by atoms with Gasteiger partial charge in [0.1, 0.15) is 11.5 Å². The minimum absolute atomic E-state index is 0.0535. The normalized spacial score (nSPS) is 9.86. The summed E-state index contributed by atoms with van der Waals surface area (Å²) in [5.74, 6) is 0.489. The quantitative estimate of drug-likeness (QED) is 0.710. The summed E-state index contributed by atoms with van der Waals surface area (Å²) in [6.07, 6.45) is 1.93. The Kier molecular flexibility index (Phi) is 7.08. The van der Waals surface area contributed by atoms with Crippen molar-refractivity contribution in [3.05, 3.63) is 23.8 Å². The fraction of sp³-hybridized carbons (Fsp3) is 0.467. The maximum atomic E-state index is 12.0. The highest BCUT2D eigenvalue weighted by molar-refractivity contribution is 5.97. The predicted octanol–water partition coefficient (Wildman–Crippen LogP) is 1.35. The Hall–Kier alpha value is -2.24. The van der Waals surface area contributed by atoms with Crippen LogP contribution < -0.4 is 20.1 Å². The molecule has 0 aliphatic rings. The largest absolute Gasteiger partial charge is 0.497 e. The Labute approximate surface area is 124 Å². The highest BCUT2D eigenvalue weighted by Crippen LogP contribution is 2.22. The monoisotopic (exact) mass is 294 g/mol. The van der Waals surface area contributed by atoms with Gasteiger partial charge in [0.2, 0.25) is 5.91 Å². The summed E-state index contributed by atoms with van der Waals surface area (Å²) in [4.78, 5) is 23.5. The number of unbranched alkanes of at least 4 members (excludes halogenated alkanes) is 1. The van der Waals surface area contributed by atoms with Crippen LogP contribution in [0.3, 0.4) is 0 Å². The second kappa shape index (κ2) is 8.84. The second-order valence-electron chi connectivity index (χ2n) is 4.49. The molecule has 0 spiro atoms. The van der Waals surface area contributed by atoms with E-state index in [2.05, 4.69) is 10.6 Å². The number of ether oxygens (including phenoxy) is 2. The van der Waals surface area contributed by atoms with Crippen molar-refractivity contribution in [3.8, 4) is 11.5 Å². The molecule has 2 amide bonds. The Morgan fingerprint density at radius 3 is 2.19 bits per heavy atom. The van der Waals surface area contributed by atoms with Crippen LogP contribution in [0.1, 0.15) is 30.1 Å². The molecule has 1 aromatic carbocycles. The highest BCUT2D eigenvalue weighted by atomic mass is 16.5. The Morgan fingerprint density at radius 2 is 1.67 bits per heavy atom. The third-order valence-corrected chi connectivity index (χ3v) is 2.88. The zero-order valence-corrected chi connectivity index (χ0v) is 12.7. The SMILES string of the molecule is CCCCNC(=O)CNC(=O)c1cc(OC)cc(OC)c1. The fourth-order valence-corrected chi connectivity index (χ4v) is 1.67. The van der Waals surface area contributed by atoms with Crippen molar-refractivity contribution in [1.29, 1.82) is 0 Å². The number of hydrogen-bond acceptors (Lipinski definition) is 4. The van der Waals surface area contributed by atoms with Gasteiger partial charge in [0.05, 0.1) is 20.8 Å². The van der Waals surface area contributed by atoms with Crippen molar-refractivity contribution in [2.75, 3.05) is 27.3 Å². The Morgan fingerprint density at radius 1 is 1.05 bits per heavy atom. The van der Waals surface area contributed by atoms with Crippen LogP contribution in [0, 0.1) is 0 Å². The van der Waals surface area contributed by atoms with E-state index in [4.69, 9.17) is 9.47 Å². The first-order valence-corrected chi connectivity index (χ1v) is 6.88. The first-order chi connectivity index (χ1) is 10.1. The van der Waals surface area contributed by atoms with Crippen molar-refractivity contribution in [2.24, 2.45) is 0 Å². The molecule has 2 N–H and O–H groups in total. The minimum atomic E-state index is -0.349. The summed E-state index contributed by atoms with van der Waals surface area (Å²) in [5.41, 5.74) is 0.382. The number of hydrogen-bond donors (Lipinski definition) is 2. The van der Waals surface area contributed by atoms with E-state index in [9.17, 15) is 9.59 Å². The summed E-state index contributed by atoms with van der Waals surface area (Å²) < 4.78 is 10.2. The number of benzene rings is 1. The molecule has 6 nitrogen and oxygen atoms in total. The molecule has 0 unspecified atom stereocenters. The minimum Gasteiger partial charge on any atom is -0.497 e. The van der Waals surface area contributed by atoms with Crippen LogP contribution in [0.15, 0.2) is 18.2 Å². The molecule has 0 aromatic heterocycles. The van der Waals surface area contributed by atoms with Gasteiger partial charge in [-0.15, -0.1) is 0 Å². The van der Waals surface area contributed by atoms with Gasteiger partial charge in [-0.1, -0.05) is 13.3 Å². The van der Waals surface area contributed by atoms with Crippen molar-refractivity contribution in [2.45, 2.75) is 19.8 Å².